The third-order valence-electron chi connectivity index (χ3n) is 2.23. The highest BCUT2D eigenvalue weighted by molar-refractivity contribution is 5.21. The van der Waals surface area contributed by atoms with Crippen LogP contribution in [-0.4, -0.2) is 20.1 Å². The fourth-order valence-electron chi connectivity index (χ4n) is 1.41. The molecule has 0 bridgehead atoms. The lowest BCUT2D eigenvalue weighted by Gasteiger charge is -2.17. The topological polar surface area (TPSA) is 24.1 Å². The van der Waals surface area contributed by atoms with Crippen molar-refractivity contribution < 1.29 is 4.39 Å². The van der Waals surface area contributed by atoms with Crippen molar-refractivity contribution in [3.8, 4) is 0 Å². The summed E-state index contributed by atoms with van der Waals surface area (Å²) in [5.41, 5.74) is 0.718. The van der Waals surface area contributed by atoms with Crippen LogP contribution in [0.15, 0.2) is 24.3 Å². The number of hydrogen-bond acceptors (Lipinski definition) is 2. The summed E-state index contributed by atoms with van der Waals surface area (Å²) in [4.78, 5) is 0. The molecule has 0 aliphatic heterocycles. The summed E-state index contributed by atoms with van der Waals surface area (Å²) < 4.78 is 13.4. The molecule has 1 aromatic rings. The molecule has 0 saturated heterocycles. The first-order valence-electron chi connectivity index (χ1n) is 4.92. The van der Waals surface area contributed by atoms with E-state index in [1.807, 2.05) is 26.1 Å². The number of benzene rings is 1. The maximum Gasteiger partial charge on any atom is 0.128 e. The van der Waals surface area contributed by atoms with Gasteiger partial charge in [-0.3, -0.25) is 0 Å². The lowest BCUT2D eigenvalue weighted by Crippen LogP contribution is -2.29. The van der Waals surface area contributed by atoms with Gasteiger partial charge >= 0.3 is 0 Å². The summed E-state index contributed by atoms with van der Waals surface area (Å²) in [6.07, 6.45) is 0. The first kappa shape index (κ1) is 11.1. The van der Waals surface area contributed by atoms with Crippen molar-refractivity contribution >= 4 is 0 Å². The van der Waals surface area contributed by atoms with E-state index < -0.39 is 0 Å². The summed E-state index contributed by atoms with van der Waals surface area (Å²) in [5.74, 6) is -0.148. The van der Waals surface area contributed by atoms with Crippen molar-refractivity contribution in [3.63, 3.8) is 0 Å². The second kappa shape index (κ2) is 5.73. The molecule has 2 nitrogen and oxygen atoms in total. The van der Waals surface area contributed by atoms with Crippen LogP contribution in [0.1, 0.15) is 18.5 Å². The molecule has 3 heteroatoms. The second-order valence-electron chi connectivity index (χ2n) is 3.17. The van der Waals surface area contributed by atoms with E-state index in [1.54, 1.807) is 6.07 Å². The van der Waals surface area contributed by atoms with Gasteiger partial charge < -0.3 is 10.6 Å². The average Bonchev–Trinajstić information content (AvgIpc) is 2.21. The monoisotopic (exact) mass is 196 g/mol. The van der Waals surface area contributed by atoms with Crippen LogP contribution in [0.3, 0.4) is 0 Å². The zero-order valence-corrected chi connectivity index (χ0v) is 8.68. The fourth-order valence-corrected chi connectivity index (χ4v) is 1.41. The molecule has 0 fully saturated rings. The minimum atomic E-state index is -0.148. The van der Waals surface area contributed by atoms with E-state index in [-0.39, 0.29) is 11.9 Å². The van der Waals surface area contributed by atoms with Crippen molar-refractivity contribution in [2.45, 2.75) is 13.0 Å². The van der Waals surface area contributed by atoms with Gasteiger partial charge in [0.15, 0.2) is 0 Å². The van der Waals surface area contributed by atoms with Crippen molar-refractivity contribution in [2.75, 3.05) is 20.1 Å². The predicted molar refractivity (Wildman–Crippen MR) is 56.7 cm³/mol. The highest BCUT2D eigenvalue weighted by atomic mass is 19.1. The van der Waals surface area contributed by atoms with E-state index in [9.17, 15) is 4.39 Å². The second-order valence-corrected chi connectivity index (χ2v) is 3.17. The molecule has 14 heavy (non-hydrogen) atoms. The molecule has 0 amide bonds. The Labute approximate surface area is 84.5 Å². The highest BCUT2D eigenvalue weighted by Gasteiger charge is 2.11. The Kier molecular flexibility index (Phi) is 4.56. The highest BCUT2D eigenvalue weighted by Crippen LogP contribution is 2.15. The van der Waals surface area contributed by atoms with Crippen molar-refractivity contribution in [1.82, 2.24) is 10.6 Å². The SMILES string of the molecule is CCNCC(NC)c1ccccc1F. The summed E-state index contributed by atoms with van der Waals surface area (Å²) >= 11 is 0. The number of likely N-dealkylation sites (N-methyl/N-ethyl adjacent to an activating group) is 2. The summed E-state index contributed by atoms with van der Waals surface area (Å²) in [7, 11) is 1.84. The van der Waals surface area contributed by atoms with Crippen LogP contribution in [0.4, 0.5) is 4.39 Å². The number of halogens is 1. The number of nitrogens with one attached hydrogen (secondary N) is 2. The van der Waals surface area contributed by atoms with E-state index >= 15 is 0 Å². The zero-order chi connectivity index (χ0) is 10.4. The van der Waals surface area contributed by atoms with Crippen molar-refractivity contribution in [3.05, 3.63) is 35.6 Å². The molecule has 2 N–H and O–H groups in total. The Hall–Kier alpha value is -0.930. The van der Waals surface area contributed by atoms with Gasteiger partial charge in [-0.05, 0) is 19.7 Å². The molecule has 0 saturated carbocycles. The van der Waals surface area contributed by atoms with Gasteiger partial charge in [0.25, 0.3) is 0 Å². The van der Waals surface area contributed by atoms with Crippen LogP contribution in [-0.2, 0) is 0 Å². The largest absolute Gasteiger partial charge is 0.315 e. The lowest BCUT2D eigenvalue weighted by molar-refractivity contribution is 0.505. The van der Waals surface area contributed by atoms with Crippen LogP contribution in [0.2, 0.25) is 0 Å². The number of hydrogen-bond donors (Lipinski definition) is 2. The summed E-state index contributed by atoms with van der Waals surface area (Å²) in [6.45, 7) is 3.68. The van der Waals surface area contributed by atoms with Crippen molar-refractivity contribution in [1.29, 1.82) is 0 Å². The molecule has 1 rings (SSSR count). The Balaban J connectivity index is 2.73. The Morgan fingerprint density at radius 2 is 2.07 bits per heavy atom. The Bertz CT molecular complexity index is 276. The van der Waals surface area contributed by atoms with Crippen LogP contribution in [0.5, 0.6) is 0 Å². The minimum Gasteiger partial charge on any atom is -0.315 e. The first-order chi connectivity index (χ1) is 6.79. The van der Waals surface area contributed by atoms with Gasteiger partial charge in [-0.15, -0.1) is 0 Å². The van der Waals surface area contributed by atoms with Crippen LogP contribution in [0, 0.1) is 5.82 Å². The molecule has 1 atom stereocenters. The molecular weight excluding hydrogens is 179 g/mol. The molecule has 78 valence electrons. The molecule has 0 aliphatic carbocycles. The molecule has 0 heterocycles. The maximum atomic E-state index is 13.4. The van der Waals surface area contributed by atoms with Crippen LogP contribution >= 0.6 is 0 Å². The van der Waals surface area contributed by atoms with Gasteiger partial charge in [0.1, 0.15) is 5.82 Å². The van der Waals surface area contributed by atoms with E-state index in [4.69, 9.17) is 0 Å². The van der Waals surface area contributed by atoms with Crippen LogP contribution in [0.25, 0.3) is 0 Å². The zero-order valence-electron chi connectivity index (χ0n) is 8.68. The summed E-state index contributed by atoms with van der Waals surface area (Å²) in [5, 5.41) is 6.29. The molecular formula is C11H17FN2. The number of rotatable bonds is 5. The fraction of sp³-hybridized carbons (Fsp3) is 0.455. The quantitative estimate of drug-likeness (QED) is 0.749. The van der Waals surface area contributed by atoms with E-state index in [1.165, 1.54) is 6.07 Å². The van der Waals surface area contributed by atoms with Crippen LogP contribution < -0.4 is 10.6 Å². The van der Waals surface area contributed by atoms with E-state index in [0.717, 1.165) is 18.7 Å². The Morgan fingerprint density at radius 3 is 2.64 bits per heavy atom. The molecule has 0 spiro atoms. The van der Waals surface area contributed by atoms with Gasteiger partial charge in [-0.25, -0.2) is 4.39 Å². The van der Waals surface area contributed by atoms with Gasteiger partial charge in [0.2, 0.25) is 0 Å². The third kappa shape index (κ3) is 2.79. The van der Waals surface area contributed by atoms with E-state index in [0.29, 0.717) is 0 Å². The summed E-state index contributed by atoms with van der Waals surface area (Å²) in [6, 6.07) is 6.91. The standard InChI is InChI=1S/C11H17FN2/c1-3-14-8-11(13-2)9-6-4-5-7-10(9)12/h4-7,11,13-14H,3,8H2,1-2H3. The van der Waals surface area contributed by atoms with Crippen molar-refractivity contribution in [2.24, 2.45) is 0 Å². The maximum absolute atomic E-state index is 13.4. The molecule has 1 aromatic carbocycles. The first-order valence-corrected chi connectivity index (χ1v) is 4.92. The third-order valence-corrected chi connectivity index (χ3v) is 2.23. The van der Waals surface area contributed by atoms with Gasteiger partial charge in [-0.2, -0.15) is 0 Å². The molecule has 0 aromatic heterocycles. The van der Waals surface area contributed by atoms with Gasteiger partial charge in [-0.1, -0.05) is 25.1 Å². The van der Waals surface area contributed by atoms with Gasteiger partial charge in [0, 0.05) is 18.2 Å². The van der Waals surface area contributed by atoms with Gasteiger partial charge in [0.05, 0.1) is 0 Å². The Morgan fingerprint density at radius 1 is 1.36 bits per heavy atom. The normalized spacial score (nSPS) is 12.8. The lowest BCUT2D eigenvalue weighted by atomic mass is 10.1. The average molecular weight is 196 g/mol. The molecule has 0 aliphatic rings. The predicted octanol–water partition coefficient (Wildman–Crippen LogP) is 1.70. The molecule has 0 radical (unpaired) electrons. The van der Waals surface area contributed by atoms with E-state index in [2.05, 4.69) is 10.6 Å². The molecule has 1 unspecified atom stereocenters. The minimum absolute atomic E-state index is 0.0381. The smallest absolute Gasteiger partial charge is 0.128 e.